The molecule has 0 aliphatic heterocycles. The fourth-order valence-corrected chi connectivity index (χ4v) is 0.636. The molecule has 0 amide bonds. The lowest BCUT2D eigenvalue weighted by molar-refractivity contribution is -0.148. The Labute approximate surface area is 67.0 Å². The van der Waals surface area contributed by atoms with Crippen LogP contribution in [0.25, 0.3) is 0 Å². The molecule has 0 bridgehead atoms. The minimum absolute atomic E-state index is 0.479. The summed E-state index contributed by atoms with van der Waals surface area (Å²) in [5.74, 6) is -0.826. The highest BCUT2D eigenvalue weighted by molar-refractivity contribution is 5.77. The molecule has 66 valence electrons. The number of carbonyl (C=O) groups is 1. The highest BCUT2D eigenvalue weighted by Gasteiger charge is 2.31. The molecule has 0 aliphatic rings. The molecule has 0 fully saturated rings. The van der Waals surface area contributed by atoms with Gasteiger partial charge in [-0.15, -0.1) is 0 Å². The Hall–Kier alpha value is -0.610. The van der Waals surface area contributed by atoms with Gasteiger partial charge in [0.25, 0.3) is 0 Å². The van der Waals surface area contributed by atoms with Crippen LogP contribution in [0.3, 0.4) is 0 Å². The average molecular weight is 160 g/mol. The second-order valence-electron chi connectivity index (χ2n) is 3.07. The lowest BCUT2D eigenvalue weighted by atomic mass is 10.0. The van der Waals surface area contributed by atoms with Crippen molar-refractivity contribution in [1.29, 1.82) is 0 Å². The lowest BCUT2D eigenvalue weighted by Gasteiger charge is -2.30. The molecule has 0 saturated carbocycles. The van der Waals surface area contributed by atoms with E-state index in [1.54, 1.807) is 25.8 Å². The summed E-state index contributed by atoms with van der Waals surface area (Å²) in [6.07, 6.45) is 0. The first kappa shape index (κ1) is 10.4. The zero-order valence-corrected chi connectivity index (χ0v) is 7.29. The molecule has 0 unspecified atom stereocenters. The van der Waals surface area contributed by atoms with Crippen LogP contribution < -0.4 is 5.73 Å². The van der Waals surface area contributed by atoms with Crippen molar-refractivity contribution in [2.75, 3.05) is 20.1 Å². The summed E-state index contributed by atoms with van der Waals surface area (Å²) in [4.78, 5) is 12.4. The van der Waals surface area contributed by atoms with Crippen molar-refractivity contribution < 1.29 is 9.90 Å². The van der Waals surface area contributed by atoms with E-state index in [0.717, 1.165) is 0 Å². The van der Waals surface area contributed by atoms with Crippen LogP contribution in [0.4, 0.5) is 0 Å². The molecule has 0 aliphatic carbocycles. The number of aliphatic carboxylic acids is 1. The number of likely N-dealkylation sites (N-methyl/N-ethyl adjacent to an activating group) is 1. The van der Waals surface area contributed by atoms with E-state index in [2.05, 4.69) is 0 Å². The van der Waals surface area contributed by atoms with Crippen molar-refractivity contribution in [2.45, 2.75) is 19.4 Å². The molecule has 0 aromatic heterocycles. The lowest BCUT2D eigenvalue weighted by Crippen LogP contribution is -2.49. The predicted molar refractivity (Wildman–Crippen MR) is 43.4 cm³/mol. The topological polar surface area (TPSA) is 66.6 Å². The highest BCUT2D eigenvalue weighted by Crippen LogP contribution is 2.10. The maximum Gasteiger partial charge on any atom is 0.323 e. The van der Waals surface area contributed by atoms with Gasteiger partial charge in [0.1, 0.15) is 5.54 Å². The molecule has 0 aromatic rings. The van der Waals surface area contributed by atoms with Crippen LogP contribution in [0.15, 0.2) is 0 Å². The molecule has 0 saturated heterocycles. The van der Waals surface area contributed by atoms with E-state index in [1.165, 1.54) is 0 Å². The van der Waals surface area contributed by atoms with Crippen molar-refractivity contribution in [1.82, 2.24) is 4.90 Å². The van der Waals surface area contributed by atoms with Crippen molar-refractivity contribution in [3.8, 4) is 0 Å². The number of carboxylic acids is 1. The first-order chi connectivity index (χ1) is 4.92. The number of hydrogen-bond acceptors (Lipinski definition) is 3. The molecule has 0 radical (unpaired) electrons. The molecule has 4 nitrogen and oxygen atoms in total. The zero-order valence-electron chi connectivity index (χ0n) is 7.29. The van der Waals surface area contributed by atoms with Gasteiger partial charge in [0.15, 0.2) is 0 Å². The summed E-state index contributed by atoms with van der Waals surface area (Å²) in [7, 11) is 1.75. The molecular formula is C7H16N2O2. The molecule has 0 rings (SSSR count). The maximum absolute atomic E-state index is 10.7. The van der Waals surface area contributed by atoms with Gasteiger partial charge in [-0.1, -0.05) is 0 Å². The molecule has 4 heteroatoms. The van der Waals surface area contributed by atoms with Gasteiger partial charge in [-0.05, 0) is 20.9 Å². The third-order valence-electron chi connectivity index (χ3n) is 1.94. The van der Waals surface area contributed by atoms with Gasteiger partial charge in [0.05, 0.1) is 0 Å². The van der Waals surface area contributed by atoms with Crippen molar-refractivity contribution in [3.63, 3.8) is 0 Å². The van der Waals surface area contributed by atoms with Crippen LogP contribution >= 0.6 is 0 Å². The molecule has 11 heavy (non-hydrogen) atoms. The van der Waals surface area contributed by atoms with Gasteiger partial charge in [0.2, 0.25) is 0 Å². The van der Waals surface area contributed by atoms with Crippen molar-refractivity contribution in [3.05, 3.63) is 0 Å². The Kier molecular flexibility index (Phi) is 3.48. The minimum Gasteiger partial charge on any atom is -0.480 e. The summed E-state index contributed by atoms with van der Waals surface area (Å²) in [6, 6.07) is 0. The number of carboxylic acid groups (broad SMARTS) is 1. The van der Waals surface area contributed by atoms with E-state index in [-0.39, 0.29) is 0 Å². The molecule has 0 spiro atoms. The van der Waals surface area contributed by atoms with E-state index in [9.17, 15) is 4.79 Å². The Balaban J connectivity index is 4.17. The van der Waals surface area contributed by atoms with Crippen LogP contribution in [0.1, 0.15) is 13.8 Å². The Morgan fingerprint density at radius 1 is 1.64 bits per heavy atom. The van der Waals surface area contributed by atoms with E-state index >= 15 is 0 Å². The Morgan fingerprint density at radius 2 is 2.09 bits per heavy atom. The van der Waals surface area contributed by atoms with E-state index in [1.807, 2.05) is 0 Å². The van der Waals surface area contributed by atoms with Gasteiger partial charge >= 0.3 is 5.97 Å². The third kappa shape index (κ3) is 2.48. The first-order valence-electron chi connectivity index (χ1n) is 3.57. The van der Waals surface area contributed by atoms with Gasteiger partial charge in [-0.25, -0.2) is 0 Å². The third-order valence-corrected chi connectivity index (χ3v) is 1.94. The second kappa shape index (κ2) is 3.69. The molecule has 3 N–H and O–H groups in total. The van der Waals surface area contributed by atoms with E-state index in [0.29, 0.717) is 13.1 Å². The first-order valence-corrected chi connectivity index (χ1v) is 3.57. The Bertz CT molecular complexity index is 145. The largest absolute Gasteiger partial charge is 0.480 e. The van der Waals surface area contributed by atoms with Gasteiger partial charge < -0.3 is 10.8 Å². The second-order valence-corrected chi connectivity index (χ2v) is 3.07. The fraction of sp³-hybridized carbons (Fsp3) is 0.857. The quantitative estimate of drug-likeness (QED) is 0.594. The normalized spacial score (nSPS) is 12.1. The molecule has 0 heterocycles. The van der Waals surface area contributed by atoms with Crippen molar-refractivity contribution >= 4 is 5.97 Å². The fourth-order valence-electron chi connectivity index (χ4n) is 0.636. The van der Waals surface area contributed by atoms with Gasteiger partial charge in [-0.3, -0.25) is 9.69 Å². The summed E-state index contributed by atoms with van der Waals surface area (Å²) in [5.41, 5.74) is 4.47. The maximum atomic E-state index is 10.7. The smallest absolute Gasteiger partial charge is 0.323 e. The minimum atomic E-state index is -0.826. The standard InChI is InChI=1S/C7H16N2O2/c1-7(2,6(10)11)9(3)5-4-8/h4-5,8H2,1-3H3,(H,10,11). The van der Waals surface area contributed by atoms with Crippen LogP contribution in [-0.4, -0.2) is 41.7 Å². The highest BCUT2D eigenvalue weighted by atomic mass is 16.4. The van der Waals surface area contributed by atoms with Crippen LogP contribution in [-0.2, 0) is 4.79 Å². The van der Waals surface area contributed by atoms with E-state index in [4.69, 9.17) is 10.8 Å². The van der Waals surface area contributed by atoms with Crippen molar-refractivity contribution in [2.24, 2.45) is 5.73 Å². The summed E-state index contributed by atoms with van der Waals surface area (Å²) in [5, 5.41) is 8.76. The SMILES string of the molecule is CN(CCN)C(C)(C)C(=O)O. The number of nitrogens with zero attached hydrogens (tertiary/aromatic N) is 1. The van der Waals surface area contributed by atoms with Crippen LogP contribution in [0, 0.1) is 0 Å². The molecule has 0 aromatic carbocycles. The van der Waals surface area contributed by atoms with Gasteiger partial charge in [-0.2, -0.15) is 0 Å². The predicted octanol–water partition coefficient (Wildman–Crippen LogP) is -0.260. The van der Waals surface area contributed by atoms with Crippen LogP contribution in [0.2, 0.25) is 0 Å². The molecular weight excluding hydrogens is 144 g/mol. The van der Waals surface area contributed by atoms with Crippen LogP contribution in [0.5, 0.6) is 0 Å². The average Bonchev–Trinajstić information content (AvgIpc) is 1.88. The summed E-state index contributed by atoms with van der Waals surface area (Å²) < 4.78 is 0. The van der Waals surface area contributed by atoms with Gasteiger partial charge in [0, 0.05) is 13.1 Å². The summed E-state index contributed by atoms with van der Waals surface area (Å²) >= 11 is 0. The summed E-state index contributed by atoms with van der Waals surface area (Å²) in [6.45, 7) is 4.39. The van der Waals surface area contributed by atoms with E-state index < -0.39 is 11.5 Å². The monoisotopic (exact) mass is 160 g/mol. The Morgan fingerprint density at radius 3 is 2.36 bits per heavy atom. The number of hydrogen-bond donors (Lipinski definition) is 2. The number of rotatable bonds is 4. The zero-order chi connectivity index (χ0) is 9.07. The number of nitrogens with two attached hydrogens (primary N) is 1. The molecule has 0 atom stereocenters.